The number of nitriles is 1. The Balaban J connectivity index is 1.93. The fourth-order valence-electron chi connectivity index (χ4n) is 1.40. The van der Waals surface area contributed by atoms with Gasteiger partial charge >= 0.3 is 0 Å². The Morgan fingerprint density at radius 3 is 2.89 bits per heavy atom. The molecule has 0 aliphatic heterocycles. The maximum atomic E-state index is 8.90. The molecule has 0 fully saturated rings. The molecule has 0 aliphatic rings. The normalized spacial score (nSPS) is 10.4. The van der Waals surface area contributed by atoms with E-state index >= 15 is 0 Å². The fourth-order valence-corrected chi connectivity index (χ4v) is 2.34. The molecule has 18 heavy (non-hydrogen) atoms. The van der Waals surface area contributed by atoms with Gasteiger partial charge in [0, 0.05) is 6.54 Å². The summed E-state index contributed by atoms with van der Waals surface area (Å²) in [6.45, 7) is 0.627. The highest BCUT2D eigenvalue weighted by Crippen LogP contribution is 2.27. The molecule has 0 aliphatic carbocycles. The van der Waals surface area contributed by atoms with Crippen molar-refractivity contribution in [3.63, 3.8) is 0 Å². The maximum Gasteiger partial charge on any atom is 0.162 e. The van der Waals surface area contributed by atoms with Crippen molar-refractivity contribution in [2.24, 2.45) is 0 Å². The van der Waals surface area contributed by atoms with E-state index in [9.17, 15) is 0 Å². The molecule has 0 radical (unpaired) electrons. The summed E-state index contributed by atoms with van der Waals surface area (Å²) in [6, 6.07) is 12.0. The van der Waals surface area contributed by atoms with E-state index in [0.717, 1.165) is 5.56 Å². The van der Waals surface area contributed by atoms with Crippen LogP contribution in [0.2, 0.25) is 5.15 Å². The quantitative estimate of drug-likeness (QED) is 0.923. The Labute approximate surface area is 115 Å². The number of aromatic nitrogens is 1. The number of hydrogen-bond donors (Lipinski definition) is 1. The van der Waals surface area contributed by atoms with E-state index in [1.807, 2.05) is 48.6 Å². The van der Waals surface area contributed by atoms with E-state index < -0.39 is 0 Å². The smallest absolute Gasteiger partial charge is 0.162 e. The van der Waals surface area contributed by atoms with E-state index in [-0.39, 0.29) is 5.15 Å². The molecule has 1 aromatic heterocycles. The van der Waals surface area contributed by atoms with Gasteiger partial charge in [-0.15, -0.1) is 0 Å². The largest absolute Gasteiger partial charge is 0.371 e. The van der Waals surface area contributed by atoms with Gasteiger partial charge in [-0.2, -0.15) is 9.64 Å². The lowest BCUT2D eigenvalue weighted by Crippen LogP contribution is -1.97. The van der Waals surface area contributed by atoms with Crippen LogP contribution in [0.15, 0.2) is 36.4 Å². The van der Waals surface area contributed by atoms with Gasteiger partial charge in [0.1, 0.15) is 16.6 Å². The van der Waals surface area contributed by atoms with Gasteiger partial charge in [0.15, 0.2) is 5.15 Å². The first kappa shape index (κ1) is 12.6. The average molecular weight is 276 g/mol. The molecule has 0 spiro atoms. The molecule has 0 amide bonds. The molecule has 0 saturated heterocycles. The van der Waals surface area contributed by atoms with Crippen molar-refractivity contribution < 1.29 is 0 Å². The third-order valence-corrected chi connectivity index (χ3v) is 3.43. The summed E-state index contributed by atoms with van der Waals surface area (Å²) in [6.07, 6.45) is 4.01. The van der Waals surface area contributed by atoms with E-state index in [0.29, 0.717) is 17.1 Å². The lowest BCUT2D eigenvalue weighted by molar-refractivity contribution is 1.36. The summed E-state index contributed by atoms with van der Waals surface area (Å²) in [7, 11) is 0. The van der Waals surface area contributed by atoms with Gasteiger partial charge in [0.05, 0.1) is 0 Å². The highest BCUT2D eigenvalue weighted by atomic mass is 35.5. The first-order valence-electron chi connectivity index (χ1n) is 5.32. The standard InChI is InChI=1S/C13H10ClN3S/c14-12-11(9-15)13(18-17-12)16-8-4-7-10-5-2-1-3-6-10/h1-7,16H,8H2/b7-4+. The molecule has 1 aromatic carbocycles. The molecule has 0 bridgehead atoms. The molecule has 1 N–H and O–H groups in total. The maximum absolute atomic E-state index is 8.90. The second-order valence-electron chi connectivity index (χ2n) is 3.48. The van der Waals surface area contributed by atoms with Crippen molar-refractivity contribution >= 4 is 34.2 Å². The van der Waals surface area contributed by atoms with Crippen LogP contribution in [0, 0.1) is 11.3 Å². The van der Waals surface area contributed by atoms with Gasteiger partial charge in [0.25, 0.3) is 0 Å². The van der Waals surface area contributed by atoms with Gasteiger partial charge in [0.2, 0.25) is 0 Å². The molecule has 2 aromatic rings. The van der Waals surface area contributed by atoms with Crippen LogP contribution in [0.3, 0.4) is 0 Å². The zero-order valence-corrected chi connectivity index (χ0v) is 11.0. The molecular formula is C13H10ClN3S. The third-order valence-electron chi connectivity index (χ3n) is 2.25. The van der Waals surface area contributed by atoms with Crippen molar-refractivity contribution in [1.82, 2.24) is 4.37 Å². The summed E-state index contributed by atoms with van der Waals surface area (Å²) in [5.41, 5.74) is 1.55. The van der Waals surface area contributed by atoms with Crippen molar-refractivity contribution in [1.29, 1.82) is 5.26 Å². The molecular weight excluding hydrogens is 266 g/mol. The van der Waals surface area contributed by atoms with Crippen LogP contribution in [-0.4, -0.2) is 10.9 Å². The van der Waals surface area contributed by atoms with Crippen LogP contribution in [0.25, 0.3) is 6.08 Å². The fraction of sp³-hybridized carbons (Fsp3) is 0.0769. The van der Waals surface area contributed by atoms with Gasteiger partial charge in [-0.05, 0) is 17.1 Å². The zero-order valence-electron chi connectivity index (χ0n) is 9.43. The minimum Gasteiger partial charge on any atom is -0.371 e. The van der Waals surface area contributed by atoms with Crippen LogP contribution in [0.5, 0.6) is 0 Å². The lowest BCUT2D eigenvalue weighted by Gasteiger charge is -1.98. The van der Waals surface area contributed by atoms with Crippen molar-refractivity contribution in [3.8, 4) is 6.07 Å². The van der Waals surface area contributed by atoms with Gasteiger partial charge in [-0.1, -0.05) is 54.1 Å². The predicted octanol–water partition coefficient (Wildman–Crippen LogP) is 3.79. The third kappa shape index (κ3) is 3.10. The van der Waals surface area contributed by atoms with Crippen molar-refractivity contribution in [3.05, 3.63) is 52.7 Å². The van der Waals surface area contributed by atoms with Crippen LogP contribution in [0.4, 0.5) is 5.00 Å². The Kier molecular flexibility index (Phi) is 4.35. The average Bonchev–Trinajstić information content (AvgIpc) is 2.76. The highest BCUT2D eigenvalue weighted by Gasteiger charge is 2.09. The molecule has 2 rings (SSSR count). The number of benzene rings is 1. The Bertz CT molecular complexity index is 584. The monoisotopic (exact) mass is 275 g/mol. The summed E-state index contributed by atoms with van der Waals surface area (Å²) in [4.78, 5) is 0. The zero-order chi connectivity index (χ0) is 12.8. The number of nitrogens with one attached hydrogen (secondary N) is 1. The number of nitrogens with zero attached hydrogens (tertiary/aromatic N) is 2. The van der Waals surface area contributed by atoms with Crippen molar-refractivity contribution in [2.45, 2.75) is 0 Å². The van der Waals surface area contributed by atoms with Crippen LogP contribution < -0.4 is 5.32 Å². The molecule has 0 saturated carbocycles. The topological polar surface area (TPSA) is 48.7 Å². The SMILES string of the molecule is N#Cc1c(Cl)nsc1NC/C=C/c1ccccc1. The Hall–Kier alpha value is -1.83. The number of hydrogen-bond acceptors (Lipinski definition) is 4. The summed E-state index contributed by atoms with van der Waals surface area (Å²) in [5, 5.41) is 13.0. The second-order valence-corrected chi connectivity index (χ2v) is 4.61. The van der Waals surface area contributed by atoms with Gasteiger partial charge in [-0.25, -0.2) is 0 Å². The number of anilines is 1. The number of halogens is 1. The Morgan fingerprint density at radius 1 is 1.39 bits per heavy atom. The summed E-state index contributed by atoms with van der Waals surface area (Å²) >= 11 is 6.97. The van der Waals surface area contributed by atoms with Gasteiger partial charge in [-0.3, -0.25) is 0 Å². The minimum atomic E-state index is 0.261. The second kappa shape index (κ2) is 6.20. The predicted molar refractivity (Wildman–Crippen MR) is 75.8 cm³/mol. The van der Waals surface area contributed by atoms with E-state index in [2.05, 4.69) is 9.69 Å². The minimum absolute atomic E-state index is 0.261. The first-order valence-corrected chi connectivity index (χ1v) is 6.47. The Morgan fingerprint density at radius 2 is 2.17 bits per heavy atom. The first-order chi connectivity index (χ1) is 8.81. The molecule has 0 atom stereocenters. The molecule has 0 unspecified atom stereocenters. The van der Waals surface area contributed by atoms with Crippen LogP contribution in [-0.2, 0) is 0 Å². The summed E-state index contributed by atoms with van der Waals surface area (Å²) < 4.78 is 3.92. The van der Waals surface area contributed by atoms with E-state index in [1.54, 1.807) is 0 Å². The molecule has 3 nitrogen and oxygen atoms in total. The summed E-state index contributed by atoms with van der Waals surface area (Å²) in [5.74, 6) is 0. The molecule has 5 heteroatoms. The van der Waals surface area contributed by atoms with E-state index in [4.69, 9.17) is 16.9 Å². The molecule has 1 heterocycles. The highest BCUT2D eigenvalue weighted by molar-refractivity contribution is 7.10. The number of rotatable bonds is 4. The van der Waals surface area contributed by atoms with Gasteiger partial charge < -0.3 is 5.32 Å². The molecule has 90 valence electrons. The van der Waals surface area contributed by atoms with Crippen molar-refractivity contribution in [2.75, 3.05) is 11.9 Å². The van der Waals surface area contributed by atoms with E-state index in [1.165, 1.54) is 11.5 Å². The van der Waals surface area contributed by atoms with Crippen LogP contribution >= 0.6 is 23.1 Å². The lowest BCUT2D eigenvalue weighted by atomic mass is 10.2. The van der Waals surface area contributed by atoms with Crippen LogP contribution in [0.1, 0.15) is 11.1 Å².